The fraction of sp³-hybridized carbons (Fsp3) is 0.0645. The third-order valence-electron chi connectivity index (χ3n) is 6.60. The van der Waals surface area contributed by atoms with Crippen LogP contribution in [0.5, 0.6) is 5.75 Å². The van der Waals surface area contributed by atoms with Crippen molar-refractivity contribution in [3.05, 3.63) is 119 Å². The minimum absolute atomic E-state index is 0.0811. The Hall–Kier alpha value is -4.51. The van der Waals surface area contributed by atoms with E-state index in [1.807, 2.05) is 43.3 Å². The Bertz CT molecular complexity index is 2000. The zero-order valence-corrected chi connectivity index (χ0v) is 22.0. The molecule has 11 heteroatoms. The average Bonchev–Trinajstić information content (AvgIpc) is 3.35. The monoisotopic (exact) mass is 601 g/mol. The molecule has 212 valence electrons. The Morgan fingerprint density at radius 3 is 2.02 bits per heavy atom. The molecule has 0 bridgehead atoms. The van der Waals surface area contributed by atoms with E-state index in [1.54, 1.807) is 6.07 Å². The standard InChI is InChI=1S/C31H15F8NOS/c1-14-2-4-15(5-3-14)16-6-7-24-25(11-16)42-30(40-24)18-8-17-9-21(33)27(29(37)26(17)20(32)10-18)31(38,39)41-19-12-22(34)28(36)23(35)13-19/h2-13H,1H3. The maximum Gasteiger partial charge on any atom is 0.432 e. The van der Waals surface area contributed by atoms with Crippen LogP contribution in [0, 0.1) is 41.8 Å². The predicted octanol–water partition coefficient (Wildman–Crippen LogP) is 10.1. The van der Waals surface area contributed by atoms with Crippen molar-refractivity contribution in [1.82, 2.24) is 4.98 Å². The molecule has 0 atom stereocenters. The minimum atomic E-state index is -4.85. The number of thiazole rings is 1. The Labute approximate surface area is 236 Å². The van der Waals surface area contributed by atoms with E-state index in [1.165, 1.54) is 17.4 Å². The summed E-state index contributed by atoms with van der Waals surface area (Å²) >= 11 is 1.21. The fourth-order valence-corrected chi connectivity index (χ4v) is 5.56. The normalized spacial score (nSPS) is 11.9. The van der Waals surface area contributed by atoms with E-state index in [0.29, 0.717) is 16.6 Å². The van der Waals surface area contributed by atoms with Crippen LogP contribution in [0.4, 0.5) is 35.1 Å². The summed E-state index contributed by atoms with van der Waals surface area (Å²) in [6, 6.07) is 16.2. The van der Waals surface area contributed by atoms with Gasteiger partial charge < -0.3 is 4.74 Å². The van der Waals surface area contributed by atoms with Crippen molar-refractivity contribution in [3.63, 3.8) is 0 Å². The number of ether oxygens (including phenoxy) is 1. The molecular formula is C31H15F8NOS. The summed E-state index contributed by atoms with van der Waals surface area (Å²) in [5, 5.41) is -1.01. The summed E-state index contributed by atoms with van der Waals surface area (Å²) in [6.45, 7) is 1.97. The largest absolute Gasteiger partial charge is 0.432 e. The van der Waals surface area contributed by atoms with Crippen molar-refractivity contribution in [2.24, 2.45) is 0 Å². The summed E-state index contributed by atoms with van der Waals surface area (Å²) in [5.74, 6) is -12.0. The van der Waals surface area contributed by atoms with Gasteiger partial charge in [0.05, 0.1) is 15.6 Å². The molecule has 0 aliphatic rings. The first-order chi connectivity index (χ1) is 19.9. The smallest absolute Gasteiger partial charge is 0.429 e. The van der Waals surface area contributed by atoms with Gasteiger partial charge in [0.1, 0.15) is 33.8 Å². The second-order valence-corrected chi connectivity index (χ2v) is 10.5. The summed E-state index contributed by atoms with van der Waals surface area (Å²) in [7, 11) is 0. The van der Waals surface area contributed by atoms with Gasteiger partial charge in [-0.05, 0) is 53.8 Å². The second kappa shape index (κ2) is 10.1. The lowest BCUT2D eigenvalue weighted by atomic mass is 10.0. The lowest BCUT2D eigenvalue weighted by Gasteiger charge is -2.20. The van der Waals surface area contributed by atoms with Crippen LogP contribution < -0.4 is 4.74 Å². The maximum absolute atomic E-state index is 15.3. The number of halogens is 8. The molecule has 0 aliphatic carbocycles. The Morgan fingerprint density at radius 1 is 0.667 bits per heavy atom. The number of hydrogen-bond donors (Lipinski definition) is 0. The van der Waals surface area contributed by atoms with E-state index in [-0.39, 0.29) is 23.1 Å². The quantitative estimate of drug-likeness (QED) is 0.145. The van der Waals surface area contributed by atoms with Gasteiger partial charge in [-0.2, -0.15) is 8.78 Å². The zero-order chi connectivity index (χ0) is 29.9. The first-order valence-electron chi connectivity index (χ1n) is 12.2. The average molecular weight is 602 g/mol. The van der Waals surface area contributed by atoms with Gasteiger partial charge in [0, 0.05) is 17.7 Å². The third kappa shape index (κ3) is 4.83. The van der Waals surface area contributed by atoms with Crippen molar-refractivity contribution in [2.75, 3.05) is 0 Å². The fourth-order valence-electron chi connectivity index (χ4n) is 4.57. The molecule has 0 unspecified atom stereocenters. The predicted molar refractivity (Wildman–Crippen MR) is 143 cm³/mol. The second-order valence-electron chi connectivity index (χ2n) is 9.49. The van der Waals surface area contributed by atoms with Crippen LogP contribution in [0.15, 0.2) is 72.8 Å². The molecule has 6 aromatic rings. The van der Waals surface area contributed by atoms with Crippen molar-refractivity contribution < 1.29 is 39.9 Å². The lowest BCUT2D eigenvalue weighted by molar-refractivity contribution is -0.189. The van der Waals surface area contributed by atoms with Gasteiger partial charge in [0.25, 0.3) is 0 Å². The van der Waals surface area contributed by atoms with Crippen LogP contribution in [0.3, 0.4) is 0 Å². The van der Waals surface area contributed by atoms with Gasteiger partial charge >= 0.3 is 6.11 Å². The van der Waals surface area contributed by atoms with Crippen molar-refractivity contribution in [3.8, 4) is 27.4 Å². The number of aromatic nitrogens is 1. The molecule has 42 heavy (non-hydrogen) atoms. The number of hydrogen-bond acceptors (Lipinski definition) is 3. The van der Waals surface area contributed by atoms with Crippen molar-refractivity contribution >= 4 is 32.3 Å². The molecule has 0 N–H and O–H groups in total. The molecule has 1 aromatic heterocycles. The number of alkyl halides is 2. The van der Waals surface area contributed by atoms with E-state index < -0.39 is 57.7 Å². The molecule has 0 saturated heterocycles. The molecule has 6 rings (SSSR count). The molecule has 1 heterocycles. The number of nitrogens with zero attached hydrogens (tertiary/aromatic N) is 1. The molecule has 0 spiro atoms. The van der Waals surface area contributed by atoms with Gasteiger partial charge in [0.15, 0.2) is 17.5 Å². The van der Waals surface area contributed by atoms with Gasteiger partial charge in [-0.25, -0.2) is 31.3 Å². The molecular weight excluding hydrogens is 586 g/mol. The Balaban J connectivity index is 1.39. The third-order valence-corrected chi connectivity index (χ3v) is 7.66. The number of fused-ring (bicyclic) bond motifs is 2. The van der Waals surface area contributed by atoms with Gasteiger partial charge in [-0.1, -0.05) is 35.9 Å². The highest BCUT2D eigenvalue weighted by Gasteiger charge is 2.42. The van der Waals surface area contributed by atoms with Gasteiger partial charge in [-0.3, -0.25) is 0 Å². The minimum Gasteiger partial charge on any atom is -0.429 e. The van der Waals surface area contributed by atoms with E-state index in [9.17, 15) is 26.3 Å². The van der Waals surface area contributed by atoms with Crippen LogP contribution in [0.25, 0.3) is 42.7 Å². The van der Waals surface area contributed by atoms with Crippen LogP contribution in [0.1, 0.15) is 11.1 Å². The Morgan fingerprint density at radius 2 is 1.33 bits per heavy atom. The number of aryl methyl sites for hydroxylation is 1. The van der Waals surface area contributed by atoms with E-state index in [2.05, 4.69) is 9.72 Å². The van der Waals surface area contributed by atoms with Crippen LogP contribution in [-0.2, 0) is 6.11 Å². The van der Waals surface area contributed by atoms with Crippen molar-refractivity contribution in [1.29, 1.82) is 0 Å². The summed E-state index contributed by atoms with van der Waals surface area (Å²) in [5.41, 5.74) is 1.78. The number of rotatable bonds is 5. The van der Waals surface area contributed by atoms with Crippen molar-refractivity contribution in [2.45, 2.75) is 13.0 Å². The summed E-state index contributed by atoms with van der Waals surface area (Å²) < 4.78 is 120. The number of benzene rings is 5. The summed E-state index contributed by atoms with van der Waals surface area (Å²) in [4.78, 5) is 4.49. The first-order valence-corrected chi connectivity index (χ1v) is 13.0. The zero-order valence-electron chi connectivity index (χ0n) is 21.2. The summed E-state index contributed by atoms with van der Waals surface area (Å²) in [6.07, 6.45) is -4.85. The van der Waals surface area contributed by atoms with Crippen LogP contribution in [-0.4, -0.2) is 4.98 Å². The molecule has 0 fully saturated rings. The molecule has 2 nitrogen and oxygen atoms in total. The highest BCUT2D eigenvalue weighted by molar-refractivity contribution is 7.21. The topological polar surface area (TPSA) is 22.1 Å². The highest BCUT2D eigenvalue weighted by Crippen LogP contribution is 2.41. The lowest BCUT2D eigenvalue weighted by Crippen LogP contribution is -2.25. The first kappa shape index (κ1) is 27.6. The molecule has 0 saturated carbocycles. The van der Waals surface area contributed by atoms with Crippen LogP contribution >= 0.6 is 11.3 Å². The molecule has 5 aromatic carbocycles. The van der Waals surface area contributed by atoms with Gasteiger partial charge in [0.2, 0.25) is 0 Å². The van der Waals surface area contributed by atoms with Crippen LogP contribution in [0.2, 0.25) is 0 Å². The molecule has 0 amide bonds. The van der Waals surface area contributed by atoms with E-state index in [4.69, 9.17) is 0 Å². The maximum atomic E-state index is 15.3. The van der Waals surface area contributed by atoms with E-state index >= 15 is 8.78 Å². The molecule has 0 radical (unpaired) electrons. The molecule has 0 aliphatic heterocycles. The Kier molecular flexibility index (Phi) is 6.64. The van der Waals surface area contributed by atoms with Gasteiger partial charge in [-0.15, -0.1) is 11.3 Å². The SMILES string of the molecule is Cc1ccc(-c2ccc3nc(-c4cc(F)c5c(F)c(C(F)(F)Oc6cc(F)c(F)c(F)c6)c(F)cc5c4)sc3c2)cc1. The van der Waals surface area contributed by atoms with E-state index in [0.717, 1.165) is 27.5 Å². The highest BCUT2D eigenvalue weighted by atomic mass is 32.1.